The van der Waals surface area contributed by atoms with Crippen molar-refractivity contribution in [3.05, 3.63) is 29.6 Å². The van der Waals surface area contributed by atoms with Gasteiger partial charge in [-0.25, -0.2) is 4.39 Å². The molecule has 1 aromatic rings. The molecule has 116 valence electrons. The second-order valence-electron chi connectivity index (χ2n) is 6.82. The molecule has 3 atom stereocenters. The van der Waals surface area contributed by atoms with Gasteiger partial charge in [0.2, 0.25) is 0 Å². The molecule has 1 heterocycles. The Hall–Kier alpha value is -1.09. The molecule has 0 aromatic heterocycles. The third-order valence-electron chi connectivity index (χ3n) is 5.13. The summed E-state index contributed by atoms with van der Waals surface area (Å²) >= 11 is 0. The lowest BCUT2D eigenvalue weighted by atomic mass is 9.82. The number of benzene rings is 1. The summed E-state index contributed by atoms with van der Waals surface area (Å²) in [7, 11) is 0. The first kappa shape index (κ1) is 14.8. The largest absolute Gasteiger partial charge is 0.487 e. The predicted molar refractivity (Wildman–Crippen MR) is 83.0 cm³/mol. The van der Waals surface area contributed by atoms with Gasteiger partial charge in [-0.15, -0.1) is 0 Å². The van der Waals surface area contributed by atoms with Gasteiger partial charge in [0.15, 0.2) is 0 Å². The van der Waals surface area contributed by atoms with E-state index in [1.807, 2.05) is 6.07 Å². The van der Waals surface area contributed by atoms with Crippen molar-refractivity contribution in [1.82, 2.24) is 5.32 Å². The van der Waals surface area contributed by atoms with Gasteiger partial charge in [-0.1, -0.05) is 26.3 Å². The van der Waals surface area contributed by atoms with Crippen LogP contribution in [-0.4, -0.2) is 12.1 Å². The molecule has 1 spiro atoms. The van der Waals surface area contributed by atoms with Crippen LogP contribution in [0.5, 0.6) is 5.75 Å². The van der Waals surface area contributed by atoms with Gasteiger partial charge in [0.05, 0.1) is 0 Å². The fourth-order valence-electron chi connectivity index (χ4n) is 3.93. The molecule has 1 aliphatic heterocycles. The van der Waals surface area contributed by atoms with Crippen LogP contribution in [0.1, 0.15) is 64.0 Å². The van der Waals surface area contributed by atoms with Gasteiger partial charge in [0.25, 0.3) is 0 Å². The van der Waals surface area contributed by atoms with Crippen LogP contribution in [0.15, 0.2) is 18.2 Å². The number of ether oxygens (including phenoxy) is 1. The Labute approximate surface area is 127 Å². The maximum atomic E-state index is 13.6. The predicted octanol–water partition coefficient (Wildman–Crippen LogP) is 4.60. The molecule has 1 aliphatic carbocycles. The number of nitrogens with one attached hydrogen (secondary N) is 1. The van der Waals surface area contributed by atoms with E-state index in [1.54, 1.807) is 12.1 Å². The van der Waals surface area contributed by atoms with E-state index in [1.165, 1.54) is 19.3 Å². The first-order valence-electron chi connectivity index (χ1n) is 8.34. The summed E-state index contributed by atoms with van der Waals surface area (Å²) < 4.78 is 20.0. The molecular formula is C18H26FNO. The second kappa shape index (κ2) is 5.96. The monoisotopic (exact) mass is 291 g/mol. The summed E-state index contributed by atoms with van der Waals surface area (Å²) in [4.78, 5) is 0. The highest BCUT2D eigenvalue weighted by Crippen LogP contribution is 2.46. The Morgan fingerprint density at radius 2 is 2.19 bits per heavy atom. The smallest absolute Gasteiger partial charge is 0.127 e. The van der Waals surface area contributed by atoms with E-state index in [2.05, 4.69) is 19.2 Å². The first-order valence-corrected chi connectivity index (χ1v) is 8.34. The van der Waals surface area contributed by atoms with Crippen molar-refractivity contribution in [3.8, 4) is 5.75 Å². The molecule has 21 heavy (non-hydrogen) atoms. The van der Waals surface area contributed by atoms with Crippen molar-refractivity contribution < 1.29 is 9.13 Å². The molecule has 1 aromatic carbocycles. The fraction of sp³-hybridized carbons (Fsp3) is 0.667. The molecule has 1 N–H and O–H groups in total. The minimum absolute atomic E-state index is 0.0988. The minimum Gasteiger partial charge on any atom is -0.487 e. The summed E-state index contributed by atoms with van der Waals surface area (Å²) in [6.45, 7) is 5.38. The third kappa shape index (κ3) is 3.08. The normalized spacial score (nSPS) is 32.3. The van der Waals surface area contributed by atoms with E-state index < -0.39 is 0 Å². The summed E-state index contributed by atoms with van der Waals surface area (Å²) in [6, 6.07) is 5.27. The van der Waals surface area contributed by atoms with Crippen LogP contribution in [0.2, 0.25) is 0 Å². The summed E-state index contributed by atoms with van der Waals surface area (Å²) in [6.07, 6.45) is 6.90. The van der Waals surface area contributed by atoms with Gasteiger partial charge in [-0.2, -0.15) is 0 Å². The van der Waals surface area contributed by atoms with E-state index in [9.17, 15) is 4.39 Å². The van der Waals surface area contributed by atoms with Crippen molar-refractivity contribution in [3.63, 3.8) is 0 Å². The molecule has 0 amide bonds. The Morgan fingerprint density at radius 3 is 3.00 bits per heavy atom. The Balaban J connectivity index is 1.91. The number of rotatable bonds is 2. The maximum Gasteiger partial charge on any atom is 0.127 e. The second-order valence-corrected chi connectivity index (χ2v) is 6.82. The van der Waals surface area contributed by atoms with Crippen LogP contribution in [0.25, 0.3) is 0 Å². The zero-order valence-electron chi connectivity index (χ0n) is 13.1. The van der Waals surface area contributed by atoms with Crippen molar-refractivity contribution in [2.45, 2.75) is 64.0 Å². The van der Waals surface area contributed by atoms with Crippen molar-refractivity contribution in [1.29, 1.82) is 0 Å². The van der Waals surface area contributed by atoms with Gasteiger partial charge in [0, 0.05) is 24.1 Å². The van der Waals surface area contributed by atoms with Gasteiger partial charge in [0.1, 0.15) is 17.2 Å². The molecule has 3 rings (SSSR count). The topological polar surface area (TPSA) is 21.3 Å². The zero-order chi connectivity index (χ0) is 14.9. The number of hydrogen-bond donors (Lipinski definition) is 1. The lowest BCUT2D eigenvalue weighted by Gasteiger charge is -2.42. The SMILES string of the molecule is CCNC1CC2(CCCC(C)CC2)Oc2cc(F)ccc21. The maximum absolute atomic E-state index is 13.6. The molecular weight excluding hydrogens is 265 g/mol. The average Bonchev–Trinajstić information content (AvgIpc) is 2.61. The van der Waals surface area contributed by atoms with E-state index >= 15 is 0 Å². The average molecular weight is 291 g/mol. The quantitative estimate of drug-likeness (QED) is 0.860. The Bertz CT molecular complexity index is 504. The van der Waals surface area contributed by atoms with Gasteiger partial charge in [-0.05, 0) is 44.2 Å². The molecule has 1 fully saturated rings. The van der Waals surface area contributed by atoms with E-state index in [0.29, 0.717) is 0 Å². The molecule has 3 heteroatoms. The number of hydrogen-bond acceptors (Lipinski definition) is 2. The zero-order valence-corrected chi connectivity index (χ0v) is 13.1. The van der Waals surface area contributed by atoms with Crippen LogP contribution in [0.3, 0.4) is 0 Å². The van der Waals surface area contributed by atoms with E-state index in [4.69, 9.17) is 4.74 Å². The van der Waals surface area contributed by atoms with Crippen LogP contribution in [0, 0.1) is 11.7 Å². The standard InChI is InChI=1S/C18H26FNO/c1-3-20-16-12-18(9-4-5-13(2)8-10-18)21-17-11-14(19)6-7-15(16)17/h6-7,11,13,16,20H,3-5,8-10,12H2,1-2H3. The van der Waals surface area contributed by atoms with Crippen molar-refractivity contribution >= 4 is 0 Å². The molecule has 0 saturated heterocycles. The summed E-state index contributed by atoms with van der Waals surface area (Å²) in [5, 5.41) is 3.56. The highest BCUT2D eigenvalue weighted by molar-refractivity contribution is 5.39. The molecule has 1 saturated carbocycles. The first-order chi connectivity index (χ1) is 10.1. The molecule has 0 radical (unpaired) electrons. The highest BCUT2D eigenvalue weighted by Gasteiger charge is 2.41. The number of fused-ring (bicyclic) bond motifs is 1. The van der Waals surface area contributed by atoms with E-state index in [0.717, 1.165) is 43.0 Å². The van der Waals surface area contributed by atoms with Gasteiger partial charge >= 0.3 is 0 Å². The van der Waals surface area contributed by atoms with Crippen molar-refractivity contribution in [2.75, 3.05) is 6.54 Å². The summed E-state index contributed by atoms with van der Waals surface area (Å²) in [5.41, 5.74) is 1.01. The molecule has 0 bridgehead atoms. The van der Waals surface area contributed by atoms with Crippen LogP contribution < -0.4 is 10.1 Å². The fourth-order valence-corrected chi connectivity index (χ4v) is 3.93. The Kier molecular flexibility index (Phi) is 4.21. The van der Waals surface area contributed by atoms with E-state index in [-0.39, 0.29) is 17.5 Å². The summed E-state index contributed by atoms with van der Waals surface area (Å²) in [5.74, 6) is 1.32. The molecule has 2 aliphatic rings. The van der Waals surface area contributed by atoms with Crippen LogP contribution >= 0.6 is 0 Å². The van der Waals surface area contributed by atoms with Crippen LogP contribution in [0.4, 0.5) is 4.39 Å². The van der Waals surface area contributed by atoms with Gasteiger partial charge in [-0.3, -0.25) is 0 Å². The molecule has 3 unspecified atom stereocenters. The third-order valence-corrected chi connectivity index (χ3v) is 5.13. The molecule has 2 nitrogen and oxygen atoms in total. The Morgan fingerprint density at radius 1 is 1.33 bits per heavy atom. The lowest BCUT2D eigenvalue weighted by Crippen LogP contribution is -2.44. The highest BCUT2D eigenvalue weighted by atomic mass is 19.1. The van der Waals surface area contributed by atoms with Gasteiger partial charge < -0.3 is 10.1 Å². The number of halogens is 1. The van der Waals surface area contributed by atoms with Crippen molar-refractivity contribution in [2.24, 2.45) is 5.92 Å². The lowest BCUT2D eigenvalue weighted by molar-refractivity contribution is 0.0153. The van der Waals surface area contributed by atoms with Crippen LogP contribution in [-0.2, 0) is 0 Å². The minimum atomic E-state index is -0.206.